The summed E-state index contributed by atoms with van der Waals surface area (Å²) in [6.45, 7) is 4.28. The first kappa shape index (κ1) is 15.3. The molecule has 5 nitrogen and oxygen atoms in total. The highest BCUT2D eigenvalue weighted by Crippen LogP contribution is 2.16. The van der Waals surface area contributed by atoms with Gasteiger partial charge in [-0.15, -0.1) is 0 Å². The van der Waals surface area contributed by atoms with Crippen molar-refractivity contribution >= 4 is 12.1 Å². The summed E-state index contributed by atoms with van der Waals surface area (Å²) in [5, 5.41) is 13.6. The lowest BCUT2D eigenvalue weighted by atomic mass is 10.0. The van der Waals surface area contributed by atoms with Crippen LogP contribution in [0, 0.1) is 5.41 Å². The minimum atomic E-state index is -0.497. The lowest BCUT2D eigenvalue weighted by Crippen LogP contribution is -2.54. The predicted molar refractivity (Wildman–Crippen MR) is 82.1 cm³/mol. The maximum atomic E-state index is 11.5. The molecule has 0 aromatic heterocycles. The van der Waals surface area contributed by atoms with Crippen molar-refractivity contribution in [3.8, 4) is 0 Å². The fourth-order valence-electron chi connectivity index (χ4n) is 2.27. The molecule has 112 valence electrons. The lowest BCUT2D eigenvalue weighted by molar-refractivity contribution is -0.143. The van der Waals surface area contributed by atoms with Crippen LogP contribution in [-0.4, -0.2) is 30.4 Å². The van der Waals surface area contributed by atoms with E-state index in [1.54, 1.807) is 13.1 Å². The van der Waals surface area contributed by atoms with Crippen molar-refractivity contribution in [3.05, 3.63) is 47.7 Å². The fraction of sp³-hybridized carbons (Fsp3) is 0.375. The molecule has 2 rings (SSSR count). The van der Waals surface area contributed by atoms with Gasteiger partial charge in [-0.05, 0) is 19.4 Å². The second-order valence-electron chi connectivity index (χ2n) is 5.15. The Morgan fingerprint density at radius 2 is 2.10 bits per heavy atom. The van der Waals surface area contributed by atoms with Gasteiger partial charge in [-0.3, -0.25) is 4.79 Å². The summed E-state index contributed by atoms with van der Waals surface area (Å²) in [5.41, 5.74) is 1.88. The number of amides is 1. The Bertz CT molecular complexity index is 528. The Kier molecular flexibility index (Phi) is 5.11. The van der Waals surface area contributed by atoms with E-state index in [0.717, 1.165) is 5.56 Å². The minimum Gasteiger partial charge on any atom is -0.386 e. The van der Waals surface area contributed by atoms with Crippen LogP contribution >= 0.6 is 0 Å². The van der Waals surface area contributed by atoms with Crippen LogP contribution in [0.1, 0.15) is 19.4 Å². The number of hydrogen-bond acceptors (Lipinski definition) is 4. The van der Waals surface area contributed by atoms with Gasteiger partial charge in [0.05, 0.1) is 6.04 Å². The van der Waals surface area contributed by atoms with Gasteiger partial charge >= 0.3 is 0 Å². The van der Waals surface area contributed by atoms with E-state index in [4.69, 9.17) is 10.1 Å². The highest BCUT2D eigenvalue weighted by atomic mass is 16.5. The summed E-state index contributed by atoms with van der Waals surface area (Å²) in [6.07, 6.45) is 2.25. The van der Waals surface area contributed by atoms with E-state index in [-0.39, 0.29) is 18.1 Å². The van der Waals surface area contributed by atoms with E-state index in [1.165, 1.54) is 6.21 Å². The average molecular weight is 287 g/mol. The van der Waals surface area contributed by atoms with Crippen molar-refractivity contribution in [2.45, 2.75) is 38.6 Å². The third kappa shape index (κ3) is 3.92. The molecule has 1 aromatic carbocycles. The highest BCUT2D eigenvalue weighted by molar-refractivity contribution is 5.83. The largest absolute Gasteiger partial charge is 0.386 e. The zero-order valence-electron chi connectivity index (χ0n) is 12.3. The van der Waals surface area contributed by atoms with E-state index in [2.05, 4.69) is 10.6 Å². The van der Waals surface area contributed by atoms with Gasteiger partial charge in [0.15, 0.2) is 0 Å². The van der Waals surface area contributed by atoms with Gasteiger partial charge in [0.25, 0.3) is 0 Å². The second kappa shape index (κ2) is 7.04. The fourth-order valence-corrected chi connectivity index (χ4v) is 2.27. The maximum Gasteiger partial charge on any atom is 0.249 e. The molecule has 0 aliphatic carbocycles. The number of nitrogens with one attached hydrogen (secondary N) is 3. The first-order chi connectivity index (χ1) is 10.1. The summed E-state index contributed by atoms with van der Waals surface area (Å²) < 4.78 is 5.70. The third-order valence-corrected chi connectivity index (χ3v) is 3.46. The predicted octanol–water partition coefficient (Wildman–Crippen LogP) is 1.60. The summed E-state index contributed by atoms with van der Waals surface area (Å²) in [6, 6.07) is 9.87. The van der Waals surface area contributed by atoms with Crippen molar-refractivity contribution in [2.24, 2.45) is 0 Å². The van der Waals surface area contributed by atoms with E-state index in [1.807, 2.05) is 37.3 Å². The normalized spacial score (nSPS) is 26.1. The molecular weight excluding hydrogens is 266 g/mol. The van der Waals surface area contributed by atoms with Crippen LogP contribution in [0.4, 0.5) is 0 Å². The first-order valence-electron chi connectivity index (χ1n) is 7.05. The van der Waals surface area contributed by atoms with E-state index < -0.39 is 6.10 Å². The van der Waals surface area contributed by atoms with Crippen LogP contribution in [0.25, 0.3) is 0 Å². The lowest BCUT2D eigenvalue weighted by Gasteiger charge is -2.34. The molecule has 21 heavy (non-hydrogen) atoms. The molecule has 1 aromatic rings. The summed E-state index contributed by atoms with van der Waals surface area (Å²) in [5.74, 6) is -0.111. The Labute approximate surface area is 124 Å². The summed E-state index contributed by atoms with van der Waals surface area (Å²) in [4.78, 5) is 11.5. The molecule has 0 spiro atoms. The van der Waals surface area contributed by atoms with E-state index in [9.17, 15) is 4.79 Å². The van der Waals surface area contributed by atoms with Crippen LogP contribution in [0.3, 0.4) is 0 Å². The van der Waals surface area contributed by atoms with Gasteiger partial charge in [-0.25, -0.2) is 0 Å². The van der Waals surface area contributed by atoms with Crippen molar-refractivity contribution in [3.63, 3.8) is 0 Å². The zero-order chi connectivity index (χ0) is 15.2. The van der Waals surface area contributed by atoms with Crippen molar-refractivity contribution in [1.29, 1.82) is 5.41 Å². The van der Waals surface area contributed by atoms with Crippen LogP contribution < -0.4 is 10.6 Å². The SMILES string of the molecule is CC1OC(/C(C=N)=C/NCc2ccccc2)C(C)NC1=O. The quantitative estimate of drug-likeness (QED) is 0.720. The molecule has 1 saturated heterocycles. The van der Waals surface area contributed by atoms with Crippen LogP contribution in [0.15, 0.2) is 42.1 Å². The molecule has 1 aliphatic heterocycles. The van der Waals surface area contributed by atoms with Gasteiger partial charge in [-0.2, -0.15) is 0 Å². The first-order valence-corrected chi connectivity index (χ1v) is 7.05. The Hall–Kier alpha value is -2.14. The number of benzene rings is 1. The topological polar surface area (TPSA) is 74.2 Å². The molecule has 3 N–H and O–H groups in total. The Morgan fingerprint density at radius 1 is 1.38 bits per heavy atom. The number of ether oxygens (including phenoxy) is 1. The van der Waals surface area contributed by atoms with Gasteiger partial charge in [0.1, 0.15) is 12.2 Å². The van der Waals surface area contributed by atoms with Gasteiger partial charge in [0, 0.05) is 24.5 Å². The van der Waals surface area contributed by atoms with Gasteiger partial charge in [-0.1, -0.05) is 30.3 Å². The monoisotopic (exact) mass is 287 g/mol. The Balaban J connectivity index is 2.00. The molecule has 0 saturated carbocycles. The second-order valence-corrected chi connectivity index (χ2v) is 5.15. The number of hydrogen-bond donors (Lipinski definition) is 3. The standard InChI is InChI=1S/C16H21N3O2/c1-11-15(21-12(2)16(20)19-11)14(8-17)10-18-9-13-6-4-3-5-7-13/h3-8,10-12,15,17-18H,9H2,1-2H3,(H,19,20)/b14-10+,17-8?. The number of carbonyl (C=O) groups is 1. The van der Waals surface area contributed by atoms with Crippen molar-refractivity contribution in [2.75, 3.05) is 0 Å². The molecule has 0 bridgehead atoms. The maximum absolute atomic E-state index is 11.5. The highest BCUT2D eigenvalue weighted by Gasteiger charge is 2.32. The number of rotatable bonds is 5. The van der Waals surface area contributed by atoms with Crippen LogP contribution in [0.2, 0.25) is 0 Å². The van der Waals surface area contributed by atoms with Crippen LogP contribution in [0.5, 0.6) is 0 Å². The molecule has 3 atom stereocenters. The van der Waals surface area contributed by atoms with Crippen molar-refractivity contribution < 1.29 is 9.53 Å². The minimum absolute atomic E-state index is 0.111. The molecule has 0 radical (unpaired) electrons. The number of carbonyl (C=O) groups excluding carboxylic acids is 1. The molecule has 5 heteroatoms. The van der Waals surface area contributed by atoms with Gasteiger partial charge < -0.3 is 20.8 Å². The smallest absolute Gasteiger partial charge is 0.249 e. The van der Waals surface area contributed by atoms with E-state index >= 15 is 0 Å². The zero-order valence-corrected chi connectivity index (χ0v) is 12.3. The number of morpholine rings is 1. The third-order valence-electron chi connectivity index (χ3n) is 3.46. The summed E-state index contributed by atoms with van der Waals surface area (Å²) >= 11 is 0. The molecule has 3 unspecified atom stereocenters. The molecule has 1 amide bonds. The van der Waals surface area contributed by atoms with Crippen LogP contribution in [-0.2, 0) is 16.1 Å². The molecular formula is C16H21N3O2. The Morgan fingerprint density at radius 3 is 2.76 bits per heavy atom. The summed E-state index contributed by atoms with van der Waals surface area (Å²) in [7, 11) is 0. The average Bonchev–Trinajstić information content (AvgIpc) is 2.49. The van der Waals surface area contributed by atoms with E-state index in [0.29, 0.717) is 12.1 Å². The molecule has 1 fully saturated rings. The van der Waals surface area contributed by atoms with Crippen molar-refractivity contribution in [1.82, 2.24) is 10.6 Å². The molecule has 1 heterocycles. The molecule has 1 aliphatic rings. The van der Waals surface area contributed by atoms with Gasteiger partial charge in [0.2, 0.25) is 5.91 Å².